The fourth-order valence-electron chi connectivity index (χ4n) is 2.45. The smallest absolute Gasteiger partial charge is 0.310 e. The van der Waals surface area contributed by atoms with Crippen LogP contribution in [0.3, 0.4) is 0 Å². The minimum atomic E-state index is 0.451. The Bertz CT molecular complexity index is 865. The highest BCUT2D eigenvalue weighted by molar-refractivity contribution is 5.78. The second-order valence-corrected chi connectivity index (χ2v) is 5.18. The Hall–Kier alpha value is -4.28. The van der Waals surface area contributed by atoms with Crippen LogP contribution in [0.5, 0.6) is 0 Å². The van der Waals surface area contributed by atoms with Gasteiger partial charge in [-0.1, -0.05) is 0 Å². The molecule has 0 spiro atoms. The van der Waals surface area contributed by atoms with Crippen molar-refractivity contribution in [2.45, 2.75) is 0 Å². The van der Waals surface area contributed by atoms with Gasteiger partial charge in [0.15, 0.2) is 14.9 Å². The lowest BCUT2D eigenvalue weighted by Gasteiger charge is -2.24. The summed E-state index contributed by atoms with van der Waals surface area (Å²) in [6.07, 6.45) is 0. The molecule has 0 amide bonds. The van der Waals surface area contributed by atoms with Crippen LogP contribution in [0.1, 0.15) is 0 Å². The molecule has 0 unspecified atom stereocenters. The van der Waals surface area contributed by atoms with E-state index in [0.717, 1.165) is 17.1 Å². The van der Waals surface area contributed by atoms with Gasteiger partial charge >= 0.3 is 17.1 Å². The summed E-state index contributed by atoms with van der Waals surface area (Å²) in [4.78, 5) is 11.5. The van der Waals surface area contributed by atoms with Crippen molar-refractivity contribution in [3.63, 3.8) is 0 Å². The van der Waals surface area contributed by atoms with Crippen LogP contribution in [0, 0.1) is 16.2 Å². The number of diazo groups is 3. The first-order valence-corrected chi connectivity index (χ1v) is 7.41. The molecular formula is C18H12N7+3. The maximum Gasteiger partial charge on any atom is 0.385 e. The molecule has 0 radical (unpaired) electrons. The van der Waals surface area contributed by atoms with Gasteiger partial charge in [0.1, 0.15) is 0 Å². The molecule has 0 aliphatic carbocycles. The van der Waals surface area contributed by atoms with E-state index in [2.05, 4.69) is 14.9 Å². The standard InChI is InChI=1S/C18H12N7/c19-22-13-1-7-16(8-2-13)25(17-9-3-14(23-20)4-10-17)18-11-5-15(24-21)6-12-18/h1-12H/q+3. The van der Waals surface area contributed by atoms with Crippen molar-refractivity contribution in [2.24, 2.45) is 0 Å². The predicted molar refractivity (Wildman–Crippen MR) is 95.4 cm³/mol. The first-order valence-electron chi connectivity index (χ1n) is 7.41. The van der Waals surface area contributed by atoms with E-state index in [1.54, 1.807) is 36.4 Å². The number of benzene rings is 3. The average molecular weight is 326 g/mol. The van der Waals surface area contributed by atoms with Crippen LogP contribution in [0.15, 0.2) is 72.8 Å². The third kappa shape index (κ3) is 3.24. The van der Waals surface area contributed by atoms with E-state index in [4.69, 9.17) is 16.2 Å². The van der Waals surface area contributed by atoms with Crippen molar-refractivity contribution >= 4 is 34.1 Å². The summed E-state index contributed by atoms with van der Waals surface area (Å²) >= 11 is 0. The molecule has 0 saturated carbocycles. The Morgan fingerprint density at radius 2 is 0.680 bits per heavy atom. The monoisotopic (exact) mass is 326 g/mol. The lowest BCUT2D eigenvalue weighted by Crippen LogP contribution is -2.09. The maximum absolute atomic E-state index is 8.86. The van der Waals surface area contributed by atoms with E-state index < -0.39 is 0 Å². The zero-order valence-corrected chi connectivity index (χ0v) is 13.1. The Labute approximate surface area is 143 Å². The third-order valence-electron chi connectivity index (χ3n) is 3.67. The van der Waals surface area contributed by atoms with Crippen molar-refractivity contribution in [3.8, 4) is 0 Å². The van der Waals surface area contributed by atoms with Crippen molar-refractivity contribution in [3.05, 3.63) is 87.7 Å². The Morgan fingerprint density at radius 1 is 0.440 bits per heavy atom. The molecule has 3 rings (SSSR count). The molecule has 0 aliphatic heterocycles. The fraction of sp³-hybridized carbons (Fsp3) is 0. The Morgan fingerprint density at radius 3 is 0.880 bits per heavy atom. The van der Waals surface area contributed by atoms with Crippen LogP contribution in [-0.4, -0.2) is 0 Å². The van der Waals surface area contributed by atoms with Crippen LogP contribution in [0.4, 0.5) is 34.1 Å². The molecule has 3 aromatic carbocycles. The minimum absolute atomic E-state index is 0.451. The van der Waals surface area contributed by atoms with Gasteiger partial charge in [-0.05, 0) is 36.4 Å². The van der Waals surface area contributed by atoms with E-state index in [9.17, 15) is 0 Å². The molecule has 0 atom stereocenters. The van der Waals surface area contributed by atoms with E-state index >= 15 is 0 Å². The molecule has 0 saturated heterocycles. The van der Waals surface area contributed by atoms with Crippen LogP contribution in [0.2, 0.25) is 0 Å². The minimum Gasteiger partial charge on any atom is -0.310 e. The number of hydrogen-bond acceptors (Lipinski definition) is 4. The summed E-state index contributed by atoms with van der Waals surface area (Å²) in [5, 5.41) is 26.6. The first kappa shape index (κ1) is 15.6. The molecule has 0 N–H and O–H groups in total. The number of hydrogen-bond donors (Lipinski definition) is 0. The number of rotatable bonds is 3. The highest BCUT2D eigenvalue weighted by Crippen LogP contribution is 2.36. The van der Waals surface area contributed by atoms with Crippen molar-refractivity contribution in [1.29, 1.82) is 16.2 Å². The number of anilines is 3. The summed E-state index contributed by atoms with van der Waals surface area (Å²) in [5.74, 6) is 0. The average Bonchev–Trinajstić information content (AvgIpc) is 2.70. The second-order valence-electron chi connectivity index (χ2n) is 5.18. The highest BCUT2D eigenvalue weighted by atomic mass is 15.1. The van der Waals surface area contributed by atoms with Gasteiger partial charge in [0, 0.05) is 53.5 Å². The molecule has 0 aromatic heterocycles. The summed E-state index contributed by atoms with van der Waals surface area (Å²) in [6.45, 7) is 0. The van der Waals surface area contributed by atoms with Gasteiger partial charge < -0.3 is 4.90 Å². The molecule has 116 valence electrons. The van der Waals surface area contributed by atoms with Crippen LogP contribution >= 0.6 is 0 Å². The molecule has 25 heavy (non-hydrogen) atoms. The zero-order chi connectivity index (χ0) is 17.6. The molecule has 0 bridgehead atoms. The third-order valence-corrected chi connectivity index (χ3v) is 3.67. The van der Waals surface area contributed by atoms with Crippen LogP contribution < -0.4 is 4.90 Å². The van der Waals surface area contributed by atoms with Gasteiger partial charge in [0.25, 0.3) is 0 Å². The largest absolute Gasteiger partial charge is 0.385 e. The number of nitrogens with zero attached hydrogens (tertiary/aromatic N) is 7. The van der Waals surface area contributed by atoms with Crippen molar-refractivity contribution in [1.82, 2.24) is 0 Å². The van der Waals surface area contributed by atoms with Gasteiger partial charge in [-0.3, -0.25) is 0 Å². The lowest BCUT2D eigenvalue weighted by molar-refractivity contribution is 1.28. The molecule has 0 heterocycles. The van der Waals surface area contributed by atoms with Gasteiger partial charge in [-0.15, -0.1) is 0 Å². The van der Waals surface area contributed by atoms with Gasteiger partial charge in [0.2, 0.25) is 16.2 Å². The molecule has 0 aliphatic rings. The molecule has 0 fully saturated rings. The molecular weight excluding hydrogens is 314 g/mol. The fourth-order valence-corrected chi connectivity index (χ4v) is 2.45. The van der Waals surface area contributed by atoms with Crippen molar-refractivity contribution in [2.75, 3.05) is 4.90 Å². The van der Waals surface area contributed by atoms with Gasteiger partial charge in [-0.25, -0.2) is 0 Å². The molecule has 7 nitrogen and oxygen atoms in total. The topological polar surface area (TPSA) is 87.7 Å². The first-order chi connectivity index (χ1) is 12.2. The molecule has 7 heteroatoms. The normalized spacial score (nSPS) is 9.48. The molecule has 3 aromatic rings. The SMILES string of the molecule is N#[N+]c1ccc(N(c2ccc([N+]#N)cc2)c2ccc([N+]#N)cc2)cc1. The van der Waals surface area contributed by atoms with E-state index in [1.165, 1.54) is 0 Å². The van der Waals surface area contributed by atoms with Gasteiger partial charge in [-0.2, -0.15) is 0 Å². The summed E-state index contributed by atoms with van der Waals surface area (Å²) < 4.78 is 0. The predicted octanol–water partition coefficient (Wildman–Crippen LogP) is 6.61. The Kier molecular flexibility index (Phi) is 4.29. The lowest BCUT2D eigenvalue weighted by atomic mass is 10.1. The van der Waals surface area contributed by atoms with E-state index in [0.29, 0.717) is 17.1 Å². The van der Waals surface area contributed by atoms with Crippen LogP contribution in [0.25, 0.3) is 14.9 Å². The van der Waals surface area contributed by atoms with Crippen LogP contribution in [-0.2, 0) is 0 Å². The quantitative estimate of drug-likeness (QED) is 0.506. The van der Waals surface area contributed by atoms with Gasteiger partial charge in [0.05, 0.1) is 0 Å². The summed E-state index contributed by atoms with van der Waals surface area (Å²) in [7, 11) is 0. The van der Waals surface area contributed by atoms with E-state index in [-0.39, 0.29) is 0 Å². The zero-order valence-electron chi connectivity index (χ0n) is 13.1. The summed E-state index contributed by atoms with van der Waals surface area (Å²) in [5.41, 5.74) is 3.88. The Balaban J connectivity index is 2.10. The highest BCUT2D eigenvalue weighted by Gasteiger charge is 2.16. The second kappa shape index (κ2) is 6.87. The maximum atomic E-state index is 8.86. The van der Waals surface area contributed by atoms with E-state index in [1.807, 2.05) is 41.3 Å². The summed E-state index contributed by atoms with van der Waals surface area (Å²) in [6, 6.07) is 21.1. The van der Waals surface area contributed by atoms with Crippen molar-refractivity contribution < 1.29 is 0 Å².